The average Bonchev–Trinajstić information content (AvgIpc) is 2.59. The normalized spacial score (nSPS) is 12.4. The van der Waals surface area contributed by atoms with Crippen LogP contribution in [0.3, 0.4) is 0 Å². The predicted molar refractivity (Wildman–Crippen MR) is 96.0 cm³/mol. The third-order valence-corrected chi connectivity index (χ3v) is 5.16. The van der Waals surface area contributed by atoms with Gasteiger partial charge in [0.1, 0.15) is 24.2 Å². The van der Waals surface area contributed by atoms with Gasteiger partial charge in [0.2, 0.25) is 10.0 Å². The number of carbonyl (C=O) groups excluding carboxylic acids is 1. The number of carbonyl (C=O) groups is 1. The van der Waals surface area contributed by atoms with E-state index in [0.29, 0.717) is 5.75 Å². The summed E-state index contributed by atoms with van der Waals surface area (Å²) in [6.45, 7) is 2.06. The van der Waals surface area contributed by atoms with Crippen molar-refractivity contribution in [1.29, 1.82) is 0 Å². The van der Waals surface area contributed by atoms with Gasteiger partial charge in [0.15, 0.2) is 0 Å². The maximum Gasteiger partial charge on any atom is 0.319 e. The lowest BCUT2D eigenvalue weighted by molar-refractivity contribution is -0.143. The molecule has 2 rings (SSSR count). The third-order valence-electron chi connectivity index (χ3n) is 3.14. The second-order valence-electron chi connectivity index (χ2n) is 5.11. The van der Waals surface area contributed by atoms with Crippen molar-refractivity contribution in [1.82, 2.24) is 0 Å². The maximum atomic E-state index is 11.9. The van der Waals surface area contributed by atoms with E-state index < -0.39 is 10.0 Å². The van der Waals surface area contributed by atoms with Gasteiger partial charge >= 0.3 is 5.97 Å². The molecule has 0 spiro atoms. The van der Waals surface area contributed by atoms with Gasteiger partial charge in [-0.1, -0.05) is 18.2 Å². The van der Waals surface area contributed by atoms with Gasteiger partial charge in [-0.3, -0.25) is 4.79 Å². The molecule has 0 saturated heterocycles. The molecule has 6 nitrogen and oxygen atoms in total. The van der Waals surface area contributed by atoms with Crippen LogP contribution in [0.1, 0.15) is 6.92 Å². The molecule has 0 aliphatic rings. The zero-order valence-corrected chi connectivity index (χ0v) is 15.3. The van der Waals surface area contributed by atoms with Crippen LogP contribution in [-0.4, -0.2) is 32.9 Å². The number of ether oxygens (including phenoxy) is 2. The number of primary sulfonamides is 1. The molecule has 25 heavy (non-hydrogen) atoms. The fraction of sp³-hybridized carbons (Fsp3) is 0.235. The number of rotatable bonds is 8. The van der Waals surface area contributed by atoms with Gasteiger partial charge in [0.25, 0.3) is 0 Å². The summed E-state index contributed by atoms with van der Waals surface area (Å²) in [4.78, 5) is 12.9. The molecule has 0 fully saturated rings. The first-order valence-electron chi connectivity index (χ1n) is 7.50. The van der Waals surface area contributed by atoms with Crippen molar-refractivity contribution in [3.05, 3.63) is 54.6 Å². The van der Waals surface area contributed by atoms with Crippen molar-refractivity contribution in [2.75, 3.05) is 13.2 Å². The Kier molecular flexibility index (Phi) is 6.86. The molecule has 0 bridgehead atoms. The number of thioether (sulfide) groups is 1. The zero-order chi connectivity index (χ0) is 18.3. The van der Waals surface area contributed by atoms with E-state index >= 15 is 0 Å². The van der Waals surface area contributed by atoms with Crippen molar-refractivity contribution in [3.8, 4) is 5.75 Å². The van der Waals surface area contributed by atoms with Gasteiger partial charge in [-0.25, -0.2) is 13.6 Å². The highest BCUT2D eigenvalue weighted by Crippen LogP contribution is 2.23. The molecule has 8 heteroatoms. The first kappa shape index (κ1) is 19.3. The summed E-state index contributed by atoms with van der Waals surface area (Å²) >= 11 is 1.43. The van der Waals surface area contributed by atoms with Crippen LogP contribution in [0.5, 0.6) is 5.75 Å². The molecule has 0 aliphatic carbocycles. The first-order chi connectivity index (χ1) is 11.9. The number of sulfonamides is 1. The number of esters is 1. The lowest BCUT2D eigenvalue weighted by Crippen LogP contribution is -2.20. The lowest BCUT2D eigenvalue weighted by atomic mass is 10.3. The van der Waals surface area contributed by atoms with Gasteiger partial charge in [-0.15, -0.1) is 11.8 Å². The molecule has 0 heterocycles. The van der Waals surface area contributed by atoms with E-state index in [2.05, 4.69) is 0 Å². The highest BCUT2D eigenvalue weighted by molar-refractivity contribution is 8.00. The highest BCUT2D eigenvalue weighted by Gasteiger charge is 2.15. The minimum atomic E-state index is -3.72. The van der Waals surface area contributed by atoms with E-state index in [9.17, 15) is 13.2 Å². The van der Waals surface area contributed by atoms with Crippen LogP contribution in [0.2, 0.25) is 0 Å². The molecule has 1 atom stereocenters. The van der Waals surface area contributed by atoms with Crippen molar-refractivity contribution in [2.45, 2.75) is 22.0 Å². The third kappa shape index (κ3) is 6.41. The van der Waals surface area contributed by atoms with Crippen LogP contribution < -0.4 is 9.88 Å². The molecule has 134 valence electrons. The monoisotopic (exact) mass is 381 g/mol. The molecule has 0 amide bonds. The summed E-state index contributed by atoms with van der Waals surface area (Å²) in [5.41, 5.74) is 0. The zero-order valence-electron chi connectivity index (χ0n) is 13.6. The van der Waals surface area contributed by atoms with Gasteiger partial charge in [0.05, 0.1) is 4.90 Å². The van der Waals surface area contributed by atoms with Crippen LogP contribution in [0.15, 0.2) is 64.4 Å². The Morgan fingerprint density at radius 3 is 2.32 bits per heavy atom. The van der Waals surface area contributed by atoms with E-state index in [1.54, 1.807) is 6.92 Å². The van der Waals surface area contributed by atoms with E-state index in [-0.39, 0.29) is 29.3 Å². The fourth-order valence-corrected chi connectivity index (χ4v) is 3.30. The maximum absolute atomic E-state index is 11.9. The molecule has 0 saturated carbocycles. The number of hydrogen-bond acceptors (Lipinski definition) is 6. The molecular formula is C17H19NO5S2. The second-order valence-corrected chi connectivity index (χ2v) is 8.08. The topological polar surface area (TPSA) is 95.7 Å². The molecular weight excluding hydrogens is 362 g/mol. The standard InChI is InChI=1S/C17H19NO5S2/c1-13(24-15-5-3-2-4-6-15)17(19)23-12-11-22-14-7-9-16(10-8-14)25(18,20)21/h2-10,13H,11-12H2,1H3,(H2,18,20,21)/t13-/m0/s1. The fourth-order valence-electron chi connectivity index (χ4n) is 1.90. The molecule has 0 aromatic heterocycles. The first-order valence-corrected chi connectivity index (χ1v) is 9.93. The Bertz CT molecular complexity index is 792. The summed E-state index contributed by atoms with van der Waals surface area (Å²) < 4.78 is 32.9. The smallest absolute Gasteiger partial charge is 0.319 e. The van der Waals surface area contributed by atoms with Gasteiger partial charge < -0.3 is 9.47 Å². The summed E-state index contributed by atoms with van der Waals surface area (Å²) in [5.74, 6) is 0.150. The minimum Gasteiger partial charge on any atom is -0.490 e. The van der Waals surface area contributed by atoms with Crippen molar-refractivity contribution >= 4 is 27.8 Å². The van der Waals surface area contributed by atoms with Gasteiger partial charge in [0, 0.05) is 4.90 Å². The molecule has 0 aliphatic heterocycles. The Balaban J connectivity index is 1.72. The summed E-state index contributed by atoms with van der Waals surface area (Å²) in [5, 5.41) is 4.69. The van der Waals surface area contributed by atoms with Crippen LogP contribution in [-0.2, 0) is 19.6 Å². The second kappa shape index (κ2) is 8.89. The Labute approximate surface area is 151 Å². The Morgan fingerprint density at radius 2 is 1.72 bits per heavy atom. The van der Waals surface area contributed by atoms with Crippen LogP contribution in [0.4, 0.5) is 0 Å². The van der Waals surface area contributed by atoms with Gasteiger partial charge in [-0.2, -0.15) is 0 Å². The van der Waals surface area contributed by atoms with Crippen LogP contribution in [0.25, 0.3) is 0 Å². The van der Waals surface area contributed by atoms with E-state index in [1.807, 2.05) is 30.3 Å². The molecule has 0 unspecified atom stereocenters. The number of nitrogens with two attached hydrogens (primary N) is 1. The van der Waals surface area contributed by atoms with Crippen LogP contribution in [0, 0.1) is 0 Å². The Morgan fingerprint density at radius 1 is 1.08 bits per heavy atom. The lowest BCUT2D eigenvalue weighted by Gasteiger charge is -2.12. The SMILES string of the molecule is C[C@H](Sc1ccccc1)C(=O)OCCOc1ccc(S(N)(=O)=O)cc1. The molecule has 0 radical (unpaired) electrons. The van der Waals surface area contributed by atoms with Crippen molar-refractivity contribution < 1.29 is 22.7 Å². The quantitative estimate of drug-likeness (QED) is 0.429. The van der Waals surface area contributed by atoms with Crippen molar-refractivity contribution in [3.63, 3.8) is 0 Å². The number of benzene rings is 2. The van der Waals surface area contributed by atoms with Gasteiger partial charge in [-0.05, 0) is 43.3 Å². The summed E-state index contributed by atoms with van der Waals surface area (Å²) in [6.07, 6.45) is 0. The predicted octanol–water partition coefficient (Wildman–Crippen LogP) is 2.44. The van der Waals surface area contributed by atoms with Crippen molar-refractivity contribution in [2.24, 2.45) is 5.14 Å². The highest BCUT2D eigenvalue weighted by atomic mass is 32.2. The molecule has 2 aromatic carbocycles. The average molecular weight is 381 g/mol. The number of hydrogen-bond donors (Lipinski definition) is 1. The summed E-state index contributed by atoms with van der Waals surface area (Å²) in [7, 11) is -3.72. The molecule has 2 aromatic rings. The van der Waals surface area contributed by atoms with Crippen LogP contribution >= 0.6 is 11.8 Å². The van der Waals surface area contributed by atoms with E-state index in [1.165, 1.54) is 36.0 Å². The van der Waals surface area contributed by atoms with E-state index in [0.717, 1.165) is 4.90 Å². The minimum absolute atomic E-state index is 0.0121. The van der Waals surface area contributed by atoms with E-state index in [4.69, 9.17) is 14.6 Å². The summed E-state index contributed by atoms with van der Waals surface area (Å²) in [6, 6.07) is 15.3. The largest absolute Gasteiger partial charge is 0.490 e. The molecule has 2 N–H and O–H groups in total. The Hall–Kier alpha value is -2.03.